The lowest BCUT2D eigenvalue weighted by Crippen LogP contribution is -2.55. The second kappa shape index (κ2) is 5.85. The van der Waals surface area contributed by atoms with Gasteiger partial charge in [0.15, 0.2) is 0 Å². The summed E-state index contributed by atoms with van der Waals surface area (Å²) in [5.41, 5.74) is 0. The van der Waals surface area contributed by atoms with Gasteiger partial charge in [-0.3, -0.25) is 0 Å². The highest BCUT2D eigenvalue weighted by atomic mass is 32.2. The third-order valence-electron chi connectivity index (χ3n) is 3.70. The third-order valence-corrected chi connectivity index (χ3v) is 7.68. The largest absolute Gasteiger partial charge is 0.282 e. The Kier molecular flexibility index (Phi) is 4.72. The summed E-state index contributed by atoms with van der Waals surface area (Å²) in [5, 5.41) is 0. The van der Waals surface area contributed by atoms with E-state index < -0.39 is 20.4 Å². The van der Waals surface area contributed by atoms with Crippen LogP contribution in [0.2, 0.25) is 0 Å². The van der Waals surface area contributed by atoms with Crippen LogP contribution in [0.4, 0.5) is 0 Å². The lowest BCUT2D eigenvalue weighted by molar-refractivity contribution is 0.250. The van der Waals surface area contributed by atoms with E-state index in [9.17, 15) is 16.8 Å². The van der Waals surface area contributed by atoms with Gasteiger partial charge in [0.25, 0.3) is 20.4 Å². The minimum absolute atomic E-state index is 0.202. The number of piperazine rings is 1. The van der Waals surface area contributed by atoms with Gasteiger partial charge in [0.05, 0.1) is 0 Å². The molecule has 0 N–H and O–H groups in total. The normalized spacial score (nSPS) is 24.6. The van der Waals surface area contributed by atoms with E-state index in [1.54, 1.807) is 0 Å². The topological polar surface area (TPSA) is 81.2 Å². The average molecular weight is 326 g/mol. The molecule has 0 aromatic rings. The monoisotopic (exact) mass is 326 g/mol. The van der Waals surface area contributed by atoms with E-state index in [1.807, 2.05) is 0 Å². The predicted octanol–water partition coefficient (Wildman–Crippen LogP) is -1.25. The van der Waals surface area contributed by atoms with Crippen LogP contribution in [0.3, 0.4) is 0 Å². The molecule has 0 amide bonds. The van der Waals surface area contributed by atoms with Gasteiger partial charge in [0.1, 0.15) is 0 Å². The quantitative estimate of drug-likeness (QED) is 0.646. The van der Waals surface area contributed by atoms with Crippen molar-refractivity contribution in [3.8, 4) is 0 Å². The van der Waals surface area contributed by atoms with Gasteiger partial charge in [-0.15, -0.1) is 0 Å². The van der Waals surface area contributed by atoms with Gasteiger partial charge in [-0.05, 0) is 12.8 Å². The fraction of sp³-hybridized carbons (Fsp3) is 1.00. The number of rotatable bonds is 4. The molecule has 0 saturated carbocycles. The van der Waals surface area contributed by atoms with E-state index in [0.717, 1.165) is 17.1 Å². The maximum Gasteiger partial charge on any atom is 0.282 e. The molecule has 8 nitrogen and oxygen atoms in total. The van der Waals surface area contributed by atoms with Crippen molar-refractivity contribution in [2.75, 3.05) is 53.4 Å². The molecule has 0 spiro atoms. The van der Waals surface area contributed by atoms with Crippen LogP contribution in [0.1, 0.15) is 12.8 Å². The summed E-state index contributed by atoms with van der Waals surface area (Å²) in [6.07, 6.45) is 1.79. The summed E-state index contributed by atoms with van der Waals surface area (Å²) < 4.78 is 54.0. The molecule has 0 radical (unpaired) electrons. The molecular weight excluding hydrogens is 304 g/mol. The fourth-order valence-corrected chi connectivity index (χ4v) is 5.20. The van der Waals surface area contributed by atoms with E-state index in [1.165, 1.54) is 27.0 Å². The van der Waals surface area contributed by atoms with Crippen LogP contribution in [0.25, 0.3) is 0 Å². The third kappa shape index (κ3) is 3.00. The van der Waals surface area contributed by atoms with Crippen LogP contribution in [-0.2, 0) is 20.4 Å². The minimum atomic E-state index is -3.46. The molecule has 2 aliphatic heterocycles. The Labute approximate surface area is 121 Å². The SMILES string of the molecule is CN(C)S(=O)(=O)N1CCN(S(=O)(=O)N2CCCC2)CC1. The molecule has 2 heterocycles. The van der Waals surface area contributed by atoms with Crippen molar-refractivity contribution >= 4 is 20.4 Å². The van der Waals surface area contributed by atoms with Crippen LogP contribution in [-0.4, -0.2) is 87.4 Å². The van der Waals surface area contributed by atoms with Crippen molar-refractivity contribution in [1.82, 2.24) is 17.2 Å². The highest BCUT2D eigenvalue weighted by molar-refractivity contribution is 7.87. The van der Waals surface area contributed by atoms with Crippen molar-refractivity contribution in [3.63, 3.8) is 0 Å². The van der Waals surface area contributed by atoms with E-state index >= 15 is 0 Å². The van der Waals surface area contributed by atoms with E-state index in [4.69, 9.17) is 0 Å². The summed E-state index contributed by atoms with van der Waals surface area (Å²) in [7, 11) is -3.93. The van der Waals surface area contributed by atoms with E-state index in [2.05, 4.69) is 0 Å². The van der Waals surface area contributed by atoms with Gasteiger partial charge in [0, 0.05) is 53.4 Å². The van der Waals surface area contributed by atoms with Crippen molar-refractivity contribution < 1.29 is 16.8 Å². The molecule has 0 bridgehead atoms. The Morgan fingerprint density at radius 3 is 1.55 bits per heavy atom. The molecule has 0 aromatic heterocycles. The Morgan fingerprint density at radius 2 is 1.10 bits per heavy atom. The Balaban J connectivity index is 2.01. The summed E-state index contributed by atoms with van der Waals surface area (Å²) >= 11 is 0. The summed E-state index contributed by atoms with van der Waals surface area (Å²) in [5.74, 6) is 0. The fourth-order valence-electron chi connectivity index (χ4n) is 2.44. The van der Waals surface area contributed by atoms with Crippen LogP contribution in [0.15, 0.2) is 0 Å². The van der Waals surface area contributed by atoms with Crippen LogP contribution in [0.5, 0.6) is 0 Å². The van der Waals surface area contributed by atoms with Gasteiger partial charge in [-0.25, -0.2) is 0 Å². The maximum absolute atomic E-state index is 12.4. The van der Waals surface area contributed by atoms with E-state index in [0.29, 0.717) is 13.1 Å². The Morgan fingerprint density at radius 1 is 0.700 bits per heavy atom. The zero-order chi connectivity index (χ0) is 15.0. The van der Waals surface area contributed by atoms with Gasteiger partial charge in [-0.1, -0.05) is 0 Å². The van der Waals surface area contributed by atoms with Gasteiger partial charge >= 0.3 is 0 Å². The summed E-state index contributed by atoms with van der Waals surface area (Å²) in [6, 6.07) is 0. The Bertz CT molecular complexity index is 532. The average Bonchev–Trinajstić information content (AvgIpc) is 2.93. The molecule has 2 fully saturated rings. The first-order chi connectivity index (χ1) is 9.26. The summed E-state index contributed by atoms with van der Waals surface area (Å²) in [4.78, 5) is 0. The smallest absolute Gasteiger partial charge is 0.195 e. The van der Waals surface area contributed by atoms with Crippen molar-refractivity contribution in [2.24, 2.45) is 0 Å². The van der Waals surface area contributed by atoms with Gasteiger partial charge < -0.3 is 0 Å². The molecule has 0 unspecified atom stereocenters. The molecule has 0 atom stereocenters. The molecular formula is C10H22N4O4S2. The summed E-state index contributed by atoms with van der Waals surface area (Å²) in [6.45, 7) is 1.97. The standard InChI is InChI=1S/C10H22N4O4S2/c1-11(2)19(15,16)13-7-9-14(10-8-13)20(17,18)12-5-3-4-6-12/h3-10H2,1-2H3. The zero-order valence-corrected chi connectivity index (χ0v) is 13.5. The van der Waals surface area contributed by atoms with Crippen molar-refractivity contribution in [3.05, 3.63) is 0 Å². The number of hydrogen-bond acceptors (Lipinski definition) is 4. The molecule has 10 heteroatoms. The lowest BCUT2D eigenvalue weighted by atomic mass is 10.4. The van der Waals surface area contributed by atoms with Crippen molar-refractivity contribution in [2.45, 2.75) is 12.8 Å². The highest BCUT2D eigenvalue weighted by Gasteiger charge is 2.36. The van der Waals surface area contributed by atoms with Gasteiger partial charge in [0.2, 0.25) is 0 Å². The number of hydrogen-bond donors (Lipinski definition) is 0. The second-order valence-corrected chi connectivity index (χ2v) is 9.27. The van der Waals surface area contributed by atoms with Gasteiger partial charge in [-0.2, -0.15) is 34.1 Å². The number of nitrogens with zero attached hydrogens (tertiary/aromatic N) is 4. The van der Waals surface area contributed by atoms with Crippen molar-refractivity contribution in [1.29, 1.82) is 0 Å². The van der Waals surface area contributed by atoms with Crippen LogP contribution in [0, 0.1) is 0 Å². The second-order valence-electron chi connectivity index (χ2n) is 5.20. The molecule has 2 aliphatic rings. The molecule has 118 valence electrons. The molecule has 2 saturated heterocycles. The predicted molar refractivity (Wildman–Crippen MR) is 75.5 cm³/mol. The first kappa shape index (κ1) is 16.1. The zero-order valence-electron chi connectivity index (χ0n) is 11.9. The molecule has 20 heavy (non-hydrogen) atoms. The first-order valence-corrected chi connectivity index (χ1v) is 9.48. The van der Waals surface area contributed by atoms with E-state index in [-0.39, 0.29) is 26.2 Å². The van der Waals surface area contributed by atoms with Crippen LogP contribution >= 0.6 is 0 Å². The molecule has 0 aromatic carbocycles. The Hall–Kier alpha value is -0.260. The lowest BCUT2D eigenvalue weighted by Gasteiger charge is -2.36. The van der Waals surface area contributed by atoms with Crippen LogP contribution < -0.4 is 0 Å². The minimum Gasteiger partial charge on any atom is -0.195 e. The highest BCUT2D eigenvalue weighted by Crippen LogP contribution is 2.19. The molecule has 0 aliphatic carbocycles. The molecule has 2 rings (SSSR count). The maximum atomic E-state index is 12.4. The first-order valence-electron chi connectivity index (χ1n) is 6.69.